The molecule has 0 spiro atoms. The number of carbonyl (C=O) groups is 1. The minimum atomic E-state index is -0.373. The van der Waals surface area contributed by atoms with Gasteiger partial charge in [-0.05, 0) is 38.3 Å². The van der Waals surface area contributed by atoms with Gasteiger partial charge < -0.3 is 15.8 Å². The zero-order valence-electron chi connectivity index (χ0n) is 18.6. The molecule has 0 aliphatic heterocycles. The smallest absolute Gasteiger partial charge is 0.310 e. The van der Waals surface area contributed by atoms with E-state index in [1.165, 1.54) is 0 Å². The Morgan fingerprint density at radius 1 is 1.16 bits per heavy atom. The van der Waals surface area contributed by atoms with Crippen molar-refractivity contribution in [2.24, 2.45) is 5.92 Å². The number of ether oxygens (including phenoxy) is 1. The highest BCUT2D eigenvalue weighted by molar-refractivity contribution is 5.73. The summed E-state index contributed by atoms with van der Waals surface area (Å²) in [5.74, 6) is 0.728. The lowest BCUT2D eigenvalue weighted by atomic mass is 10.1. The minimum Gasteiger partial charge on any atom is -0.457 e. The number of nitrogens with zero attached hydrogens (tertiary/aromatic N) is 5. The van der Waals surface area contributed by atoms with Crippen molar-refractivity contribution >= 4 is 23.6 Å². The maximum Gasteiger partial charge on any atom is 0.310 e. The van der Waals surface area contributed by atoms with Gasteiger partial charge in [-0.15, -0.1) is 0 Å². The van der Waals surface area contributed by atoms with Crippen molar-refractivity contribution < 1.29 is 9.53 Å². The van der Waals surface area contributed by atoms with Crippen molar-refractivity contribution in [2.45, 2.75) is 54.2 Å². The highest BCUT2D eigenvalue weighted by Crippen LogP contribution is 2.19. The highest BCUT2D eigenvalue weighted by atomic mass is 16.5. The summed E-state index contributed by atoms with van der Waals surface area (Å²) < 4.78 is 7.35. The third kappa shape index (κ3) is 5.78. The van der Waals surface area contributed by atoms with E-state index in [1.54, 1.807) is 0 Å². The van der Waals surface area contributed by atoms with Gasteiger partial charge in [-0.2, -0.15) is 20.1 Å². The molecule has 9 nitrogen and oxygen atoms in total. The minimum absolute atomic E-state index is 0.0544. The van der Waals surface area contributed by atoms with Gasteiger partial charge in [-0.1, -0.05) is 32.0 Å². The second kappa shape index (κ2) is 9.55. The van der Waals surface area contributed by atoms with Crippen LogP contribution in [0.4, 0.5) is 17.6 Å². The van der Waals surface area contributed by atoms with Crippen LogP contribution < -0.4 is 11.1 Å². The summed E-state index contributed by atoms with van der Waals surface area (Å²) in [6.45, 7) is 10.8. The molecule has 0 fully saturated rings. The number of hydrogen-bond acceptors (Lipinski definition) is 8. The van der Waals surface area contributed by atoms with E-state index in [-0.39, 0.29) is 30.8 Å². The van der Waals surface area contributed by atoms with Crippen LogP contribution in [-0.4, -0.2) is 30.7 Å². The number of para-hydroxylation sites is 1. The number of benzene rings is 1. The van der Waals surface area contributed by atoms with Gasteiger partial charge in [0.25, 0.3) is 0 Å². The molecular weight excluding hydrogens is 394 g/mol. The van der Waals surface area contributed by atoms with Crippen LogP contribution >= 0.6 is 0 Å². The summed E-state index contributed by atoms with van der Waals surface area (Å²) in [7, 11) is 0. The van der Waals surface area contributed by atoms with Gasteiger partial charge in [0.1, 0.15) is 0 Å². The number of carbonyl (C=O) groups excluding carboxylic acids is 1. The van der Waals surface area contributed by atoms with E-state index in [2.05, 4.69) is 39.2 Å². The Labute approximate surface area is 182 Å². The van der Waals surface area contributed by atoms with Crippen molar-refractivity contribution in [1.82, 2.24) is 24.7 Å². The van der Waals surface area contributed by atoms with Crippen LogP contribution in [0.15, 0.2) is 24.3 Å². The Bertz CT molecular complexity index is 1080. The van der Waals surface area contributed by atoms with Crippen molar-refractivity contribution in [3.63, 3.8) is 0 Å². The number of nitrogen functional groups attached to an aromatic ring is 1. The summed E-state index contributed by atoms with van der Waals surface area (Å²) in [4.78, 5) is 24.9. The fourth-order valence-corrected chi connectivity index (χ4v) is 3.25. The maximum atomic E-state index is 12.4. The van der Waals surface area contributed by atoms with Crippen LogP contribution in [-0.2, 0) is 29.1 Å². The first-order chi connectivity index (χ1) is 14.7. The molecule has 164 valence electrons. The van der Waals surface area contributed by atoms with E-state index >= 15 is 0 Å². The number of aryl methyl sites for hydroxylation is 2. The molecular formula is C22H29N7O2. The molecule has 3 aromatic rings. The fraction of sp³-hybridized carbons (Fsp3) is 0.409. The summed E-state index contributed by atoms with van der Waals surface area (Å²) >= 11 is 0. The van der Waals surface area contributed by atoms with E-state index in [9.17, 15) is 4.79 Å². The first-order valence-electron chi connectivity index (χ1n) is 10.2. The van der Waals surface area contributed by atoms with Crippen molar-refractivity contribution in [1.29, 1.82) is 0 Å². The predicted octanol–water partition coefficient (Wildman–Crippen LogP) is 3.26. The van der Waals surface area contributed by atoms with Crippen LogP contribution in [0.25, 0.3) is 0 Å². The molecule has 9 heteroatoms. The molecule has 0 atom stereocenters. The van der Waals surface area contributed by atoms with E-state index in [4.69, 9.17) is 10.5 Å². The lowest BCUT2D eigenvalue weighted by Gasteiger charge is -2.10. The quantitative estimate of drug-likeness (QED) is 0.530. The Morgan fingerprint density at radius 3 is 2.61 bits per heavy atom. The largest absolute Gasteiger partial charge is 0.457 e. The van der Waals surface area contributed by atoms with Gasteiger partial charge in [-0.25, -0.2) is 0 Å². The molecule has 3 rings (SSSR count). The molecule has 2 aromatic heterocycles. The normalized spacial score (nSPS) is 11.0. The predicted molar refractivity (Wildman–Crippen MR) is 119 cm³/mol. The van der Waals surface area contributed by atoms with Crippen LogP contribution in [0.3, 0.4) is 0 Å². The number of hydrogen-bond donors (Lipinski definition) is 2. The van der Waals surface area contributed by atoms with E-state index < -0.39 is 0 Å². The standard InChI is InChI=1S/C22H29N7O2/c1-13(2)11-29-16(5)17(15(4)28-29)10-20(30)31-12-19-25-21(23)27-22(26-19)24-18-9-7-6-8-14(18)3/h6-9,13H,10-12H2,1-5H3,(H3,23,24,25,26,27). The molecule has 0 saturated carbocycles. The summed E-state index contributed by atoms with van der Waals surface area (Å²) in [6.07, 6.45) is 0.143. The number of anilines is 3. The molecule has 0 amide bonds. The van der Waals surface area contributed by atoms with Gasteiger partial charge in [0.2, 0.25) is 11.9 Å². The molecule has 0 saturated heterocycles. The van der Waals surface area contributed by atoms with E-state index in [0.29, 0.717) is 11.9 Å². The third-order valence-corrected chi connectivity index (χ3v) is 4.84. The number of aromatic nitrogens is 5. The Kier molecular flexibility index (Phi) is 6.84. The van der Waals surface area contributed by atoms with E-state index in [0.717, 1.165) is 34.7 Å². The molecule has 2 heterocycles. The Balaban J connectivity index is 1.65. The monoisotopic (exact) mass is 423 g/mol. The average molecular weight is 424 g/mol. The summed E-state index contributed by atoms with van der Waals surface area (Å²) in [6, 6.07) is 7.75. The molecule has 0 aliphatic carbocycles. The Morgan fingerprint density at radius 2 is 1.90 bits per heavy atom. The molecule has 0 bridgehead atoms. The SMILES string of the molecule is Cc1ccccc1Nc1nc(N)nc(COC(=O)Cc2c(C)nn(CC(C)C)c2C)n1. The van der Waals surface area contributed by atoms with E-state index in [1.807, 2.05) is 49.7 Å². The average Bonchev–Trinajstić information content (AvgIpc) is 2.94. The second-order valence-corrected chi connectivity index (χ2v) is 7.94. The summed E-state index contributed by atoms with van der Waals surface area (Å²) in [5.41, 5.74) is 10.4. The topological polar surface area (TPSA) is 121 Å². The van der Waals surface area contributed by atoms with Crippen LogP contribution in [0.2, 0.25) is 0 Å². The molecule has 0 radical (unpaired) electrons. The first kappa shape index (κ1) is 22.2. The lowest BCUT2D eigenvalue weighted by molar-refractivity contribution is -0.144. The number of esters is 1. The number of nitrogens with two attached hydrogens (primary N) is 1. The first-order valence-corrected chi connectivity index (χ1v) is 10.2. The fourth-order valence-electron chi connectivity index (χ4n) is 3.25. The van der Waals surface area contributed by atoms with Gasteiger partial charge in [0, 0.05) is 23.5 Å². The van der Waals surface area contributed by atoms with Gasteiger partial charge in [-0.3, -0.25) is 9.48 Å². The molecule has 1 aromatic carbocycles. The zero-order valence-corrected chi connectivity index (χ0v) is 18.6. The molecule has 0 unspecified atom stereocenters. The van der Waals surface area contributed by atoms with Crippen molar-refractivity contribution in [2.75, 3.05) is 11.1 Å². The van der Waals surface area contributed by atoms with Crippen LogP contribution in [0.5, 0.6) is 0 Å². The van der Waals surface area contributed by atoms with Gasteiger partial charge in [0.15, 0.2) is 12.4 Å². The highest BCUT2D eigenvalue weighted by Gasteiger charge is 2.17. The second-order valence-electron chi connectivity index (χ2n) is 7.94. The van der Waals surface area contributed by atoms with Gasteiger partial charge >= 0.3 is 5.97 Å². The van der Waals surface area contributed by atoms with Gasteiger partial charge in [0.05, 0.1) is 12.1 Å². The van der Waals surface area contributed by atoms with Crippen LogP contribution in [0, 0.1) is 26.7 Å². The molecule has 0 aliphatic rings. The zero-order chi connectivity index (χ0) is 22.5. The van der Waals surface area contributed by atoms with Crippen LogP contribution in [0.1, 0.15) is 42.2 Å². The maximum absolute atomic E-state index is 12.4. The molecule has 31 heavy (non-hydrogen) atoms. The van der Waals surface area contributed by atoms with Crippen molar-refractivity contribution in [3.05, 3.63) is 52.6 Å². The number of nitrogens with one attached hydrogen (secondary N) is 1. The summed E-state index contributed by atoms with van der Waals surface area (Å²) in [5, 5.41) is 7.66. The third-order valence-electron chi connectivity index (χ3n) is 4.84. The van der Waals surface area contributed by atoms with Crippen molar-refractivity contribution in [3.8, 4) is 0 Å². The Hall–Kier alpha value is -3.49. The number of rotatable bonds is 8. The molecule has 3 N–H and O–H groups in total. The lowest BCUT2D eigenvalue weighted by Crippen LogP contribution is -2.13.